The molecule has 3 rings (SSSR count). The molecule has 3 nitrogen and oxygen atoms in total. The van der Waals surface area contributed by atoms with Crippen LogP contribution in [0.1, 0.15) is 43.4 Å². The number of hydrogen-bond acceptors (Lipinski definition) is 2. The third kappa shape index (κ3) is 5.05. The van der Waals surface area contributed by atoms with Crippen LogP contribution in [0.3, 0.4) is 0 Å². The topological polar surface area (TPSA) is 37.0 Å². The standard InChI is InChI=1S/C20H22Cl3N3S/c1-13-16(22)11-17(23)18(25-13)26-19(27)24-12-20(8-3-2-4-9-20)14-6-5-7-15(21)10-14/h5-7,10-11H,2-4,8-9,12H2,1H3,(H2,24,25,26,27). The zero-order valence-electron chi connectivity index (χ0n) is 15.1. The van der Waals surface area contributed by atoms with Crippen molar-refractivity contribution in [2.24, 2.45) is 0 Å². The number of nitrogens with one attached hydrogen (secondary N) is 2. The van der Waals surface area contributed by atoms with Crippen molar-refractivity contribution in [1.82, 2.24) is 10.3 Å². The van der Waals surface area contributed by atoms with Crippen LogP contribution in [0.25, 0.3) is 0 Å². The van der Waals surface area contributed by atoms with Crippen molar-refractivity contribution in [1.29, 1.82) is 0 Å². The smallest absolute Gasteiger partial charge is 0.172 e. The number of hydrogen-bond donors (Lipinski definition) is 2. The van der Waals surface area contributed by atoms with Gasteiger partial charge in [-0.1, -0.05) is 66.2 Å². The summed E-state index contributed by atoms with van der Waals surface area (Å²) in [4.78, 5) is 4.37. The molecule has 7 heteroatoms. The van der Waals surface area contributed by atoms with Gasteiger partial charge in [0.05, 0.1) is 15.7 Å². The van der Waals surface area contributed by atoms with Gasteiger partial charge < -0.3 is 10.6 Å². The summed E-state index contributed by atoms with van der Waals surface area (Å²) in [7, 11) is 0. The fourth-order valence-electron chi connectivity index (χ4n) is 3.66. The van der Waals surface area contributed by atoms with Gasteiger partial charge in [-0.3, -0.25) is 0 Å². The molecule has 144 valence electrons. The lowest BCUT2D eigenvalue weighted by Gasteiger charge is -2.38. The minimum Gasteiger partial charge on any atom is -0.362 e. The SMILES string of the molecule is Cc1nc(NC(=S)NCC2(c3cccc(Cl)c3)CCCCC2)c(Cl)cc1Cl. The first-order chi connectivity index (χ1) is 12.9. The molecule has 0 atom stereocenters. The fraction of sp³-hybridized carbons (Fsp3) is 0.400. The first-order valence-electron chi connectivity index (χ1n) is 9.03. The van der Waals surface area contributed by atoms with Gasteiger partial charge in [-0.05, 0) is 55.7 Å². The molecule has 0 saturated heterocycles. The first-order valence-corrected chi connectivity index (χ1v) is 10.6. The van der Waals surface area contributed by atoms with Crippen molar-refractivity contribution in [2.45, 2.75) is 44.4 Å². The minimum atomic E-state index is 0.0298. The normalized spacial score (nSPS) is 16.0. The summed E-state index contributed by atoms with van der Waals surface area (Å²) in [5, 5.41) is 8.70. The molecule has 27 heavy (non-hydrogen) atoms. The van der Waals surface area contributed by atoms with Gasteiger partial charge in [0.25, 0.3) is 0 Å². The van der Waals surface area contributed by atoms with E-state index < -0.39 is 0 Å². The van der Waals surface area contributed by atoms with Crippen LogP contribution in [0.5, 0.6) is 0 Å². The van der Waals surface area contributed by atoms with Crippen LogP contribution in [-0.2, 0) is 5.41 Å². The molecule has 1 aromatic heterocycles. The average molecular weight is 443 g/mol. The average Bonchev–Trinajstić information content (AvgIpc) is 2.65. The molecule has 0 amide bonds. The Morgan fingerprint density at radius 2 is 1.85 bits per heavy atom. The van der Waals surface area contributed by atoms with E-state index in [1.165, 1.54) is 24.8 Å². The highest BCUT2D eigenvalue weighted by atomic mass is 35.5. The Hall–Kier alpha value is -1.07. The monoisotopic (exact) mass is 441 g/mol. The van der Waals surface area contributed by atoms with Crippen molar-refractivity contribution >= 4 is 58.0 Å². The summed E-state index contributed by atoms with van der Waals surface area (Å²) in [6.45, 7) is 2.57. The molecule has 1 aliphatic carbocycles. The van der Waals surface area contributed by atoms with E-state index >= 15 is 0 Å². The number of rotatable bonds is 4. The van der Waals surface area contributed by atoms with E-state index in [0.717, 1.165) is 24.4 Å². The second-order valence-corrected chi connectivity index (χ2v) is 8.70. The zero-order valence-corrected chi connectivity index (χ0v) is 18.2. The highest BCUT2D eigenvalue weighted by Gasteiger charge is 2.34. The zero-order chi connectivity index (χ0) is 19.4. The van der Waals surface area contributed by atoms with E-state index in [1.807, 2.05) is 19.1 Å². The maximum Gasteiger partial charge on any atom is 0.172 e. The number of anilines is 1. The number of aryl methyl sites for hydroxylation is 1. The van der Waals surface area contributed by atoms with Crippen molar-refractivity contribution in [2.75, 3.05) is 11.9 Å². The Balaban J connectivity index is 1.72. The van der Waals surface area contributed by atoms with E-state index in [1.54, 1.807) is 6.07 Å². The third-order valence-corrected chi connectivity index (χ3v) is 6.32. The molecular weight excluding hydrogens is 421 g/mol. The van der Waals surface area contributed by atoms with E-state index in [-0.39, 0.29) is 5.41 Å². The van der Waals surface area contributed by atoms with Gasteiger partial charge in [0.1, 0.15) is 0 Å². The number of pyridine rings is 1. The summed E-state index contributed by atoms with van der Waals surface area (Å²) in [5.74, 6) is 0.511. The van der Waals surface area contributed by atoms with Gasteiger partial charge >= 0.3 is 0 Å². The summed E-state index contributed by atoms with van der Waals surface area (Å²) >= 11 is 24.0. The van der Waals surface area contributed by atoms with Gasteiger partial charge in [-0.15, -0.1) is 0 Å². The number of thiocarbonyl (C=S) groups is 1. The second kappa shape index (κ2) is 8.95. The van der Waals surface area contributed by atoms with Gasteiger partial charge in [-0.25, -0.2) is 4.98 Å². The molecular formula is C20H22Cl3N3S. The Bertz CT molecular complexity index is 835. The van der Waals surface area contributed by atoms with Crippen LogP contribution < -0.4 is 10.6 Å². The molecule has 1 aliphatic rings. The van der Waals surface area contributed by atoms with Crippen LogP contribution >= 0.6 is 47.0 Å². The lowest BCUT2D eigenvalue weighted by Crippen LogP contribution is -2.43. The predicted molar refractivity (Wildman–Crippen MR) is 119 cm³/mol. The highest BCUT2D eigenvalue weighted by Crippen LogP contribution is 2.39. The third-order valence-electron chi connectivity index (χ3n) is 5.17. The number of aromatic nitrogens is 1. The van der Waals surface area contributed by atoms with Crippen LogP contribution in [0, 0.1) is 6.92 Å². The minimum absolute atomic E-state index is 0.0298. The van der Waals surface area contributed by atoms with Gasteiger partial charge in [-0.2, -0.15) is 0 Å². The molecule has 0 radical (unpaired) electrons. The maximum absolute atomic E-state index is 6.25. The largest absolute Gasteiger partial charge is 0.362 e. The van der Waals surface area contributed by atoms with E-state index in [0.29, 0.717) is 26.7 Å². The van der Waals surface area contributed by atoms with Crippen molar-refractivity contribution < 1.29 is 0 Å². The summed E-state index contributed by atoms with van der Waals surface area (Å²) in [6.07, 6.45) is 5.91. The molecule has 1 fully saturated rings. The van der Waals surface area contributed by atoms with Crippen molar-refractivity contribution in [3.8, 4) is 0 Å². The Labute approximate surface area is 180 Å². The molecule has 0 spiro atoms. The van der Waals surface area contributed by atoms with Crippen LogP contribution in [0.2, 0.25) is 15.1 Å². The molecule has 0 bridgehead atoms. The molecule has 1 saturated carbocycles. The van der Waals surface area contributed by atoms with Crippen LogP contribution in [-0.4, -0.2) is 16.6 Å². The Morgan fingerprint density at radius 3 is 2.56 bits per heavy atom. The van der Waals surface area contributed by atoms with E-state index in [4.69, 9.17) is 47.0 Å². The van der Waals surface area contributed by atoms with Crippen molar-refractivity contribution in [3.05, 3.63) is 56.7 Å². The van der Waals surface area contributed by atoms with Crippen LogP contribution in [0.15, 0.2) is 30.3 Å². The number of halogens is 3. The van der Waals surface area contributed by atoms with E-state index in [2.05, 4.69) is 27.8 Å². The lowest BCUT2D eigenvalue weighted by molar-refractivity contribution is 0.292. The van der Waals surface area contributed by atoms with Crippen LogP contribution in [0.4, 0.5) is 5.82 Å². The van der Waals surface area contributed by atoms with Gasteiger partial charge in [0.2, 0.25) is 0 Å². The quantitative estimate of drug-likeness (QED) is 0.527. The van der Waals surface area contributed by atoms with Gasteiger partial charge in [0.15, 0.2) is 10.9 Å². The van der Waals surface area contributed by atoms with Crippen molar-refractivity contribution in [3.63, 3.8) is 0 Å². The summed E-state index contributed by atoms with van der Waals surface area (Å²) < 4.78 is 0. The first kappa shape index (κ1) is 20.7. The fourth-order valence-corrected chi connectivity index (χ4v) is 4.43. The molecule has 0 aliphatic heterocycles. The molecule has 0 unspecified atom stereocenters. The van der Waals surface area contributed by atoms with E-state index in [9.17, 15) is 0 Å². The highest BCUT2D eigenvalue weighted by molar-refractivity contribution is 7.80. The Morgan fingerprint density at radius 1 is 1.11 bits per heavy atom. The lowest BCUT2D eigenvalue weighted by atomic mass is 9.69. The summed E-state index contributed by atoms with van der Waals surface area (Å²) in [5.41, 5.74) is 2.00. The predicted octanol–water partition coefficient (Wildman–Crippen LogP) is 6.54. The second-order valence-electron chi connectivity index (χ2n) is 7.05. The molecule has 1 aromatic carbocycles. The summed E-state index contributed by atoms with van der Waals surface area (Å²) in [6, 6.07) is 9.84. The van der Waals surface area contributed by atoms with Gasteiger partial charge in [0, 0.05) is 17.0 Å². The molecule has 1 heterocycles. The molecule has 2 N–H and O–H groups in total. The number of benzene rings is 1. The molecule has 2 aromatic rings. The number of nitrogens with zero attached hydrogens (tertiary/aromatic N) is 1. The maximum atomic E-state index is 6.25. The Kier molecular flexibility index (Phi) is 6.85.